The topological polar surface area (TPSA) is 52.9 Å². The molecule has 1 amide bonds. The Morgan fingerprint density at radius 1 is 1.10 bits per heavy atom. The van der Waals surface area contributed by atoms with Gasteiger partial charge in [0.25, 0.3) is 5.91 Å². The van der Waals surface area contributed by atoms with Crippen LogP contribution in [-0.4, -0.2) is 5.91 Å². The molecule has 0 unspecified atom stereocenters. The molecule has 0 atom stereocenters. The lowest BCUT2D eigenvalue weighted by atomic mass is 10.1. The lowest BCUT2D eigenvalue weighted by Gasteiger charge is -2.05. The van der Waals surface area contributed by atoms with Gasteiger partial charge in [0.05, 0.1) is 10.7 Å². The summed E-state index contributed by atoms with van der Waals surface area (Å²) < 4.78 is 0. The molecular weight excluding hydrogens is 272 g/mol. The van der Waals surface area contributed by atoms with Gasteiger partial charge in [0, 0.05) is 0 Å². The largest absolute Gasteiger partial charge is 0.320 e. The summed E-state index contributed by atoms with van der Waals surface area (Å²) in [5, 5.41) is 12.1. The maximum Gasteiger partial charge on any atom is 0.266 e. The van der Waals surface area contributed by atoms with Crippen LogP contribution in [0, 0.1) is 11.3 Å². The van der Waals surface area contributed by atoms with Gasteiger partial charge in [-0.1, -0.05) is 54.1 Å². The number of carbonyl (C=O) groups excluding carboxylic acids is 1. The van der Waals surface area contributed by atoms with Crippen molar-refractivity contribution in [1.29, 1.82) is 5.26 Å². The molecule has 0 bridgehead atoms. The molecule has 2 aromatic rings. The summed E-state index contributed by atoms with van der Waals surface area (Å²) in [5.74, 6) is -0.482. The summed E-state index contributed by atoms with van der Waals surface area (Å²) in [4.78, 5) is 12.0. The molecule has 2 rings (SSSR count). The molecule has 0 aliphatic rings. The number of rotatable bonds is 3. The molecule has 20 heavy (non-hydrogen) atoms. The highest BCUT2D eigenvalue weighted by atomic mass is 35.5. The number of hydrogen-bond donors (Lipinski definition) is 1. The van der Waals surface area contributed by atoms with E-state index in [4.69, 9.17) is 16.9 Å². The summed E-state index contributed by atoms with van der Waals surface area (Å²) in [5.41, 5.74) is 1.29. The van der Waals surface area contributed by atoms with Gasteiger partial charge in [-0.3, -0.25) is 4.79 Å². The van der Waals surface area contributed by atoms with Crippen molar-refractivity contribution in [3.8, 4) is 6.07 Å². The molecule has 98 valence electrons. The zero-order valence-electron chi connectivity index (χ0n) is 10.5. The molecule has 0 saturated carbocycles. The summed E-state index contributed by atoms with van der Waals surface area (Å²) in [7, 11) is 0. The van der Waals surface area contributed by atoms with E-state index in [0.29, 0.717) is 10.7 Å². The van der Waals surface area contributed by atoms with Crippen LogP contribution in [0.4, 0.5) is 5.69 Å². The van der Waals surface area contributed by atoms with Gasteiger partial charge in [-0.15, -0.1) is 0 Å². The van der Waals surface area contributed by atoms with Gasteiger partial charge >= 0.3 is 0 Å². The van der Waals surface area contributed by atoms with Gasteiger partial charge in [0.1, 0.15) is 11.6 Å². The Hall–Kier alpha value is -2.57. The molecule has 0 radical (unpaired) electrons. The standard InChI is InChI=1S/C16H11ClN2O/c17-14-8-4-5-9-15(14)19-16(20)13(11-18)10-12-6-2-1-3-7-12/h1-10H,(H,19,20)/b13-10-. The monoisotopic (exact) mass is 282 g/mol. The van der Waals surface area contributed by atoms with Gasteiger partial charge in [-0.25, -0.2) is 0 Å². The smallest absolute Gasteiger partial charge is 0.266 e. The molecule has 0 fully saturated rings. The van der Waals surface area contributed by atoms with Crippen molar-refractivity contribution in [2.75, 3.05) is 5.32 Å². The Bertz CT molecular complexity index is 687. The Labute approximate surface area is 122 Å². The normalized spacial score (nSPS) is 10.7. The van der Waals surface area contributed by atoms with Gasteiger partial charge in [-0.2, -0.15) is 5.26 Å². The first-order chi connectivity index (χ1) is 9.70. The van der Waals surface area contributed by atoms with Gasteiger partial charge in [-0.05, 0) is 23.8 Å². The predicted octanol–water partition coefficient (Wildman–Crippen LogP) is 3.89. The molecule has 2 aromatic carbocycles. The molecule has 0 aromatic heterocycles. The number of anilines is 1. The second kappa shape index (κ2) is 6.55. The third kappa shape index (κ3) is 3.47. The summed E-state index contributed by atoms with van der Waals surface area (Å²) >= 11 is 5.96. The maximum atomic E-state index is 12.0. The number of hydrogen-bond acceptors (Lipinski definition) is 2. The van der Waals surface area contributed by atoms with E-state index in [2.05, 4.69) is 5.32 Å². The molecule has 0 aliphatic carbocycles. The molecule has 3 nitrogen and oxygen atoms in total. The van der Waals surface area contributed by atoms with Crippen molar-refractivity contribution in [2.45, 2.75) is 0 Å². The van der Waals surface area contributed by atoms with Crippen LogP contribution in [0.3, 0.4) is 0 Å². The first-order valence-electron chi connectivity index (χ1n) is 5.93. The average molecular weight is 283 g/mol. The number of nitrogens with one attached hydrogen (secondary N) is 1. The summed E-state index contributed by atoms with van der Waals surface area (Å²) in [6.45, 7) is 0. The fraction of sp³-hybridized carbons (Fsp3) is 0. The lowest BCUT2D eigenvalue weighted by molar-refractivity contribution is -0.112. The Morgan fingerprint density at radius 2 is 1.75 bits per heavy atom. The minimum atomic E-state index is -0.482. The third-order valence-electron chi connectivity index (χ3n) is 2.60. The van der Waals surface area contributed by atoms with Gasteiger partial charge < -0.3 is 5.32 Å². The fourth-order valence-electron chi connectivity index (χ4n) is 1.62. The highest BCUT2D eigenvalue weighted by Gasteiger charge is 2.10. The van der Waals surface area contributed by atoms with Crippen LogP contribution in [0.2, 0.25) is 5.02 Å². The van der Waals surface area contributed by atoms with Crippen molar-refractivity contribution in [1.82, 2.24) is 0 Å². The van der Waals surface area contributed by atoms with Crippen LogP contribution in [0.1, 0.15) is 5.56 Å². The maximum absolute atomic E-state index is 12.0. The Kier molecular flexibility index (Phi) is 4.54. The predicted molar refractivity (Wildman–Crippen MR) is 80.1 cm³/mol. The number of nitriles is 1. The number of amides is 1. The van der Waals surface area contributed by atoms with E-state index in [1.54, 1.807) is 24.3 Å². The Balaban J connectivity index is 2.21. The van der Waals surface area contributed by atoms with Gasteiger partial charge in [0.2, 0.25) is 0 Å². The van der Waals surface area contributed by atoms with Crippen molar-refractivity contribution >= 4 is 29.3 Å². The zero-order valence-corrected chi connectivity index (χ0v) is 11.3. The molecule has 0 aliphatic heterocycles. The summed E-state index contributed by atoms with van der Waals surface area (Å²) in [6, 6.07) is 18.0. The van der Waals surface area contributed by atoms with Crippen LogP contribution in [-0.2, 0) is 4.79 Å². The first kappa shape index (κ1) is 13.9. The highest BCUT2D eigenvalue weighted by molar-refractivity contribution is 6.34. The third-order valence-corrected chi connectivity index (χ3v) is 2.93. The molecule has 0 heterocycles. The van der Waals surface area contributed by atoms with Crippen LogP contribution in [0.15, 0.2) is 60.2 Å². The zero-order chi connectivity index (χ0) is 14.4. The lowest BCUT2D eigenvalue weighted by Crippen LogP contribution is -2.13. The van der Waals surface area contributed by atoms with Gasteiger partial charge in [0.15, 0.2) is 0 Å². The van der Waals surface area contributed by atoms with Crippen molar-refractivity contribution in [2.24, 2.45) is 0 Å². The van der Waals surface area contributed by atoms with E-state index in [1.165, 1.54) is 6.08 Å². The second-order valence-electron chi connectivity index (χ2n) is 4.01. The van der Waals surface area contributed by atoms with Crippen molar-refractivity contribution in [3.63, 3.8) is 0 Å². The number of carbonyl (C=O) groups is 1. The minimum Gasteiger partial charge on any atom is -0.320 e. The summed E-state index contributed by atoms with van der Waals surface area (Å²) in [6.07, 6.45) is 1.53. The van der Waals surface area contributed by atoms with E-state index in [0.717, 1.165) is 5.56 Å². The minimum absolute atomic E-state index is 0.0242. The fourth-order valence-corrected chi connectivity index (χ4v) is 1.80. The van der Waals surface area contributed by atoms with Crippen LogP contribution in [0.5, 0.6) is 0 Å². The van der Waals surface area contributed by atoms with E-state index >= 15 is 0 Å². The van der Waals surface area contributed by atoms with Crippen molar-refractivity contribution in [3.05, 3.63) is 70.8 Å². The quantitative estimate of drug-likeness (QED) is 0.686. The van der Waals surface area contributed by atoms with E-state index in [-0.39, 0.29) is 5.57 Å². The molecular formula is C16H11ClN2O. The highest BCUT2D eigenvalue weighted by Crippen LogP contribution is 2.21. The number of para-hydroxylation sites is 1. The van der Waals surface area contributed by atoms with E-state index < -0.39 is 5.91 Å². The van der Waals surface area contributed by atoms with Crippen molar-refractivity contribution < 1.29 is 4.79 Å². The molecule has 1 N–H and O–H groups in total. The van der Waals surface area contributed by atoms with E-state index in [9.17, 15) is 4.79 Å². The molecule has 0 spiro atoms. The molecule has 0 saturated heterocycles. The Morgan fingerprint density at radius 3 is 2.40 bits per heavy atom. The van der Waals surface area contributed by atoms with E-state index in [1.807, 2.05) is 36.4 Å². The SMILES string of the molecule is N#C/C(=C/c1ccccc1)C(=O)Nc1ccccc1Cl. The van der Waals surface area contributed by atoms with Crippen LogP contribution in [0.25, 0.3) is 6.08 Å². The molecule has 4 heteroatoms. The number of halogens is 1. The number of benzene rings is 2. The first-order valence-corrected chi connectivity index (χ1v) is 6.31. The second-order valence-corrected chi connectivity index (χ2v) is 4.42. The average Bonchev–Trinajstić information content (AvgIpc) is 2.48. The van der Waals surface area contributed by atoms with Crippen LogP contribution < -0.4 is 5.32 Å². The number of nitrogens with zero attached hydrogens (tertiary/aromatic N) is 1. The van der Waals surface area contributed by atoms with Crippen LogP contribution >= 0.6 is 11.6 Å².